The molecule has 0 aliphatic carbocycles. The number of esters is 1. The Balaban J connectivity index is 1.78. The SMILES string of the molecule is COC(=O)C1CCN(c2ncnc(Nc3cc(C)ccc3C)c2N)CC1. The number of piperidine rings is 1. The van der Waals surface area contributed by atoms with Crippen molar-refractivity contribution >= 4 is 29.0 Å². The van der Waals surface area contributed by atoms with Crippen LogP contribution in [0.4, 0.5) is 23.0 Å². The van der Waals surface area contributed by atoms with Gasteiger partial charge in [0.25, 0.3) is 0 Å². The molecule has 1 saturated heterocycles. The number of ether oxygens (including phenoxy) is 1. The molecule has 3 rings (SSSR count). The summed E-state index contributed by atoms with van der Waals surface area (Å²) in [6.07, 6.45) is 2.98. The van der Waals surface area contributed by atoms with Crippen molar-refractivity contribution in [3.05, 3.63) is 35.7 Å². The fraction of sp³-hybridized carbons (Fsp3) is 0.421. The van der Waals surface area contributed by atoms with Crippen molar-refractivity contribution < 1.29 is 9.53 Å². The summed E-state index contributed by atoms with van der Waals surface area (Å²) < 4.78 is 4.84. The molecular formula is C19H25N5O2. The monoisotopic (exact) mass is 355 g/mol. The highest BCUT2D eigenvalue weighted by Gasteiger charge is 2.27. The number of aromatic nitrogens is 2. The summed E-state index contributed by atoms with van der Waals surface area (Å²) in [5, 5.41) is 3.32. The van der Waals surface area contributed by atoms with Crippen LogP contribution in [0.25, 0.3) is 0 Å². The Bertz CT molecular complexity index is 801. The van der Waals surface area contributed by atoms with Gasteiger partial charge >= 0.3 is 5.97 Å². The lowest BCUT2D eigenvalue weighted by molar-refractivity contribution is -0.146. The Hall–Kier alpha value is -2.83. The van der Waals surface area contributed by atoms with E-state index in [-0.39, 0.29) is 11.9 Å². The minimum atomic E-state index is -0.141. The van der Waals surface area contributed by atoms with Crippen LogP contribution in [0.3, 0.4) is 0 Å². The number of anilines is 4. The molecule has 7 nitrogen and oxygen atoms in total. The number of nitrogens with two attached hydrogens (primary N) is 1. The summed E-state index contributed by atoms with van der Waals surface area (Å²) in [5.74, 6) is 1.11. The zero-order chi connectivity index (χ0) is 18.7. The zero-order valence-corrected chi connectivity index (χ0v) is 15.5. The maximum absolute atomic E-state index is 11.7. The van der Waals surface area contributed by atoms with Crippen molar-refractivity contribution in [2.45, 2.75) is 26.7 Å². The lowest BCUT2D eigenvalue weighted by Gasteiger charge is -2.32. The van der Waals surface area contributed by atoms with Crippen molar-refractivity contribution in [2.75, 3.05) is 36.1 Å². The van der Waals surface area contributed by atoms with E-state index >= 15 is 0 Å². The van der Waals surface area contributed by atoms with Gasteiger partial charge in [-0.05, 0) is 43.9 Å². The third-order valence-electron chi connectivity index (χ3n) is 4.84. The van der Waals surface area contributed by atoms with Gasteiger partial charge in [0.05, 0.1) is 13.0 Å². The molecule has 2 aromatic rings. The fourth-order valence-corrected chi connectivity index (χ4v) is 3.23. The summed E-state index contributed by atoms with van der Waals surface area (Å²) in [7, 11) is 1.43. The van der Waals surface area contributed by atoms with Gasteiger partial charge in [-0.3, -0.25) is 4.79 Å². The second-order valence-corrected chi connectivity index (χ2v) is 6.69. The van der Waals surface area contributed by atoms with Gasteiger partial charge in [-0.15, -0.1) is 0 Å². The van der Waals surface area contributed by atoms with Crippen molar-refractivity contribution in [3.63, 3.8) is 0 Å². The number of hydrogen-bond donors (Lipinski definition) is 2. The maximum atomic E-state index is 11.7. The molecule has 1 aliphatic heterocycles. The van der Waals surface area contributed by atoms with Crippen LogP contribution in [0.1, 0.15) is 24.0 Å². The molecular weight excluding hydrogens is 330 g/mol. The number of carbonyl (C=O) groups is 1. The van der Waals surface area contributed by atoms with Gasteiger partial charge in [0, 0.05) is 18.8 Å². The number of hydrogen-bond acceptors (Lipinski definition) is 7. The largest absolute Gasteiger partial charge is 0.469 e. The van der Waals surface area contributed by atoms with Gasteiger partial charge in [-0.2, -0.15) is 0 Å². The standard InChI is InChI=1S/C19H25N5O2/c1-12-4-5-13(2)15(10-12)23-17-16(20)18(22-11-21-17)24-8-6-14(7-9-24)19(25)26-3/h4-5,10-11,14H,6-9,20H2,1-3H3,(H,21,22,23). The lowest BCUT2D eigenvalue weighted by atomic mass is 9.97. The highest BCUT2D eigenvalue weighted by Crippen LogP contribution is 2.32. The van der Waals surface area contributed by atoms with Gasteiger partial charge < -0.3 is 20.7 Å². The van der Waals surface area contributed by atoms with Crippen LogP contribution in [-0.4, -0.2) is 36.1 Å². The first-order valence-electron chi connectivity index (χ1n) is 8.77. The molecule has 1 aromatic heterocycles. The smallest absolute Gasteiger partial charge is 0.308 e. The van der Waals surface area contributed by atoms with Crippen LogP contribution < -0.4 is 16.0 Å². The normalized spacial score (nSPS) is 15.0. The van der Waals surface area contributed by atoms with Crippen molar-refractivity contribution in [1.29, 1.82) is 0 Å². The van der Waals surface area contributed by atoms with E-state index in [4.69, 9.17) is 10.5 Å². The van der Waals surface area contributed by atoms with Crippen LogP contribution in [0.5, 0.6) is 0 Å². The molecule has 7 heteroatoms. The predicted molar refractivity (Wildman–Crippen MR) is 103 cm³/mol. The molecule has 1 fully saturated rings. The molecule has 138 valence electrons. The zero-order valence-electron chi connectivity index (χ0n) is 15.5. The van der Waals surface area contributed by atoms with Crippen LogP contribution in [-0.2, 0) is 9.53 Å². The second kappa shape index (κ2) is 7.59. The molecule has 0 spiro atoms. The third kappa shape index (κ3) is 3.71. The van der Waals surface area contributed by atoms with E-state index in [0.717, 1.165) is 29.7 Å². The first-order valence-corrected chi connectivity index (χ1v) is 8.77. The average Bonchev–Trinajstić information content (AvgIpc) is 2.66. The number of nitrogen functional groups attached to an aromatic ring is 1. The Morgan fingerprint density at radius 3 is 2.69 bits per heavy atom. The number of methoxy groups -OCH3 is 1. The number of nitrogens with zero attached hydrogens (tertiary/aromatic N) is 3. The molecule has 0 saturated carbocycles. The Kier molecular flexibility index (Phi) is 5.25. The van der Waals surface area contributed by atoms with Crippen molar-refractivity contribution in [2.24, 2.45) is 5.92 Å². The van der Waals surface area contributed by atoms with E-state index in [2.05, 4.69) is 38.4 Å². The number of rotatable bonds is 4. The summed E-state index contributed by atoms with van der Waals surface area (Å²) in [6.45, 7) is 5.51. The summed E-state index contributed by atoms with van der Waals surface area (Å²) in [6, 6.07) is 6.20. The molecule has 0 atom stereocenters. The number of benzene rings is 1. The summed E-state index contributed by atoms with van der Waals surface area (Å²) in [5.41, 5.74) is 10.1. The first-order chi connectivity index (χ1) is 12.5. The summed E-state index contributed by atoms with van der Waals surface area (Å²) >= 11 is 0. The van der Waals surface area contributed by atoms with Gasteiger partial charge in [0.15, 0.2) is 11.6 Å². The lowest BCUT2D eigenvalue weighted by Crippen LogP contribution is -2.37. The Labute approximate surface area is 153 Å². The highest BCUT2D eigenvalue weighted by molar-refractivity contribution is 5.79. The van der Waals surface area contributed by atoms with Gasteiger partial charge in [-0.1, -0.05) is 12.1 Å². The topological polar surface area (TPSA) is 93.4 Å². The minimum absolute atomic E-state index is 0.0492. The van der Waals surface area contributed by atoms with Gasteiger partial charge in [-0.25, -0.2) is 9.97 Å². The molecule has 3 N–H and O–H groups in total. The fourth-order valence-electron chi connectivity index (χ4n) is 3.23. The molecule has 26 heavy (non-hydrogen) atoms. The quantitative estimate of drug-likeness (QED) is 0.815. The van der Waals surface area contributed by atoms with Crippen LogP contribution >= 0.6 is 0 Å². The first kappa shape index (κ1) is 18.0. The van der Waals surface area contributed by atoms with E-state index in [1.54, 1.807) is 0 Å². The predicted octanol–water partition coefficient (Wildman–Crippen LogP) is 2.81. The molecule has 0 bridgehead atoms. The van der Waals surface area contributed by atoms with E-state index < -0.39 is 0 Å². The number of nitrogens with one attached hydrogen (secondary N) is 1. The maximum Gasteiger partial charge on any atom is 0.308 e. The van der Waals surface area contributed by atoms with E-state index in [9.17, 15) is 4.79 Å². The Morgan fingerprint density at radius 2 is 2.00 bits per heavy atom. The molecule has 2 heterocycles. The van der Waals surface area contributed by atoms with Crippen LogP contribution in [0, 0.1) is 19.8 Å². The van der Waals surface area contributed by atoms with E-state index in [1.807, 2.05) is 13.8 Å². The molecule has 0 unspecified atom stereocenters. The molecule has 0 radical (unpaired) electrons. The molecule has 1 aromatic carbocycles. The minimum Gasteiger partial charge on any atom is -0.469 e. The molecule has 0 amide bonds. The van der Waals surface area contributed by atoms with Crippen LogP contribution in [0.2, 0.25) is 0 Å². The Morgan fingerprint density at radius 1 is 1.27 bits per heavy atom. The highest BCUT2D eigenvalue weighted by atomic mass is 16.5. The number of carbonyl (C=O) groups excluding carboxylic acids is 1. The van der Waals surface area contributed by atoms with Gasteiger partial charge in [0.2, 0.25) is 0 Å². The van der Waals surface area contributed by atoms with E-state index in [0.29, 0.717) is 30.4 Å². The van der Waals surface area contributed by atoms with Crippen LogP contribution in [0.15, 0.2) is 24.5 Å². The number of aryl methyl sites for hydroxylation is 2. The van der Waals surface area contributed by atoms with Gasteiger partial charge in [0.1, 0.15) is 12.0 Å². The van der Waals surface area contributed by atoms with Crippen molar-refractivity contribution in [3.8, 4) is 0 Å². The second-order valence-electron chi connectivity index (χ2n) is 6.69. The van der Waals surface area contributed by atoms with Crippen molar-refractivity contribution in [1.82, 2.24) is 9.97 Å². The average molecular weight is 355 g/mol. The van der Waals surface area contributed by atoms with E-state index in [1.165, 1.54) is 13.4 Å². The third-order valence-corrected chi connectivity index (χ3v) is 4.84. The molecule has 1 aliphatic rings. The summed E-state index contributed by atoms with van der Waals surface area (Å²) in [4.78, 5) is 22.5.